The number of nitrogens with one attached hydrogen (secondary N) is 1. The van der Waals surface area contributed by atoms with Crippen LogP contribution in [-0.2, 0) is 14.3 Å². The lowest BCUT2D eigenvalue weighted by Gasteiger charge is -2.28. The van der Waals surface area contributed by atoms with E-state index in [1.807, 2.05) is 13.8 Å². The molecule has 6 nitrogen and oxygen atoms in total. The highest BCUT2D eigenvalue weighted by Gasteiger charge is 2.77. The van der Waals surface area contributed by atoms with Crippen molar-refractivity contribution in [3.05, 3.63) is 0 Å². The largest absolute Gasteiger partial charge is 0.458 e. The molecule has 1 saturated carbocycles. The molecule has 128 valence electrons. The Bertz CT molecular complexity index is 458. The normalized spacial score (nSPS) is 27.0. The van der Waals surface area contributed by atoms with Gasteiger partial charge in [-0.3, -0.25) is 0 Å². The Morgan fingerprint density at radius 1 is 1.05 bits per heavy atom. The fraction of sp³-hybridized carbons (Fsp3) is 0.875. The van der Waals surface area contributed by atoms with Gasteiger partial charge in [-0.2, -0.15) is 0 Å². The van der Waals surface area contributed by atoms with Gasteiger partial charge in [-0.15, -0.1) is 0 Å². The second kappa shape index (κ2) is 5.41. The average molecular weight is 315 g/mol. The maximum atomic E-state index is 12.6. The van der Waals surface area contributed by atoms with Crippen LogP contribution in [-0.4, -0.2) is 40.5 Å². The van der Waals surface area contributed by atoms with Crippen molar-refractivity contribution in [1.82, 2.24) is 5.32 Å². The number of carbonyl (C=O) groups excluding carboxylic acids is 2. The monoisotopic (exact) mass is 315 g/mol. The van der Waals surface area contributed by atoms with Crippen molar-refractivity contribution in [2.24, 2.45) is 11.3 Å². The first-order valence-electron chi connectivity index (χ1n) is 7.53. The van der Waals surface area contributed by atoms with Crippen LogP contribution in [0.5, 0.6) is 0 Å². The summed E-state index contributed by atoms with van der Waals surface area (Å²) in [5.41, 5.74) is -3.23. The maximum Gasteiger partial charge on any atom is 0.408 e. The molecule has 0 aromatic carbocycles. The molecule has 0 bridgehead atoms. The number of alkyl carbamates (subject to hydrolysis) is 1. The van der Waals surface area contributed by atoms with Crippen LogP contribution in [0.4, 0.5) is 4.79 Å². The lowest BCUT2D eigenvalue weighted by molar-refractivity contribution is -0.160. The number of hydrogen-bond acceptors (Lipinski definition) is 5. The van der Waals surface area contributed by atoms with Crippen LogP contribution in [0.1, 0.15) is 55.4 Å². The van der Waals surface area contributed by atoms with Gasteiger partial charge in [-0.05, 0) is 41.5 Å². The molecule has 0 aromatic rings. The molecule has 0 aromatic heterocycles. The van der Waals surface area contributed by atoms with E-state index in [1.54, 1.807) is 41.5 Å². The third kappa shape index (κ3) is 3.54. The van der Waals surface area contributed by atoms with Gasteiger partial charge >= 0.3 is 12.1 Å². The second-order valence-electron chi connectivity index (χ2n) is 8.39. The summed E-state index contributed by atoms with van der Waals surface area (Å²) in [6.07, 6.45) is -0.692. The SMILES string of the molecule is CC(C)(C)OC(=O)N[C@@]1(C(=O)OC(C)(C)C)[C@@H](CO)C1(C)C. The smallest absolute Gasteiger partial charge is 0.408 e. The standard InChI is InChI=1S/C16H29NO5/c1-13(2,3)21-11(19)16(10(9-18)15(16,7)8)17-12(20)22-14(4,5)6/h10,18H,9H2,1-8H3,(H,17,20)/t10-,16+/m0/s1. The number of carbonyl (C=O) groups is 2. The average Bonchev–Trinajstić information content (AvgIpc) is 2.69. The number of amides is 1. The fourth-order valence-electron chi connectivity index (χ4n) is 2.76. The van der Waals surface area contributed by atoms with Gasteiger partial charge in [0.15, 0.2) is 5.54 Å². The highest BCUT2D eigenvalue weighted by Crippen LogP contribution is 2.62. The van der Waals surface area contributed by atoms with Crippen LogP contribution in [0.25, 0.3) is 0 Å². The van der Waals surface area contributed by atoms with Crippen LogP contribution in [0, 0.1) is 11.3 Å². The molecule has 1 amide bonds. The topological polar surface area (TPSA) is 84.9 Å². The summed E-state index contributed by atoms with van der Waals surface area (Å²) in [5.74, 6) is -0.961. The van der Waals surface area contributed by atoms with Crippen LogP contribution in [0.3, 0.4) is 0 Å². The van der Waals surface area contributed by atoms with E-state index in [1.165, 1.54) is 0 Å². The molecule has 22 heavy (non-hydrogen) atoms. The molecule has 0 spiro atoms. The quantitative estimate of drug-likeness (QED) is 0.780. The minimum absolute atomic E-state index is 0.220. The molecule has 6 heteroatoms. The fourth-order valence-corrected chi connectivity index (χ4v) is 2.76. The van der Waals surface area contributed by atoms with E-state index >= 15 is 0 Å². The molecule has 0 radical (unpaired) electrons. The Morgan fingerprint density at radius 3 is 1.82 bits per heavy atom. The minimum Gasteiger partial charge on any atom is -0.458 e. The molecule has 1 fully saturated rings. The van der Waals surface area contributed by atoms with Crippen molar-refractivity contribution in [3.8, 4) is 0 Å². The van der Waals surface area contributed by atoms with Gasteiger partial charge in [-0.1, -0.05) is 13.8 Å². The summed E-state index contributed by atoms with van der Waals surface area (Å²) in [6.45, 7) is 13.9. The predicted octanol–water partition coefficient (Wildman–Crippen LogP) is 2.24. The second-order valence-corrected chi connectivity index (χ2v) is 8.39. The van der Waals surface area contributed by atoms with E-state index < -0.39 is 40.1 Å². The van der Waals surface area contributed by atoms with Crippen molar-refractivity contribution in [3.63, 3.8) is 0 Å². The summed E-state index contributed by atoms with van der Waals surface area (Å²) in [5, 5.41) is 12.2. The molecular formula is C16H29NO5. The summed E-state index contributed by atoms with van der Waals surface area (Å²) >= 11 is 0. The van der Waals surface area contributed by atoms with Gasteiger partial charge in [-0.25, -0.2) is 9.59 Å². The number of esters is 1. The van der Waals surface area contributed by atoms with Crippen LogP contribution >= 0.6 is 0 Å². The zero-order valence-corrected chi connectivity index (χ0v) is 14.9. The Balaban J connectivity index is 3.02. The Labute approximate surface area is 132 Å². The van der Waals surface area contributed by atoms with E-state index in [0.717, 1.165) is 0 Å². The summed E-state index contributed by atoms with van der Waals surface area (Å²) in [7, 11) is 0. The molecule has 1 rings (SSSR count). The van der Waals surface area contributed by atoms with Gasteiger partial charge in [0.05, 0.1) is 0 Å². The number of hydrogen-bond donors (Lipinski definition) is 2. The number of ether oxygens (including phenoxy) is 2. The van der Waals surface area contributed by atoms with E-state index in [-0.39, 0.29) is 6.61 Å². The van der Waals surface area contributed by atoms with E-state index in [0.29, 0.717) is 0 Å². The zero-order valence-electron chi connectivity index (χ0n) is 14.9. The van der Waals surface area contributed by atoms with Crippen LogP contribution < -0.4 is 5.32 Å². The van der Waals surface area contributed by atoms with Gasteiger partial charge in [0.2, 0.25) is 0 Å². The molecule has 1 aliphatic rings. The van der Waals surface area contributed by atoms with E-state index in [9.17, 15) is 14.7 Å². The third-order valence-electron chi connectivity index (χ3n) is 3.93. The van der Waals surface area contributed by atoms with Gasteiger partial charge in [0.25, 0.3) is 0 Å². The van der Waals surface area contributed by atoms with Crippen molar-refractivity contribution in [2.75, 3.05) is 6.61 Å². The van der Waals surface area contributed by atoms with E-state index in [4.69, 9.17) is 9.47 Å². The predicted molar refractivity (Wildman–Crippen MR) is 82.3 cm³/mol. The van der Waals surface area contributed by atoms with Crippen LogP contribution in [0.2, 0.25) is 0 Å². The third-order valence-corrected chi connectivity index (χ3v) is 3.93. The zero-order chi connectivity index (χ0) is 17.6. The minimum atomic E-state index is -1.27. The maximum absolute atomic E-state index is 12.6. The first-order chi connectivity index (χ1) is 9.67. The number of aliphatic hydroxyl groups is 1. The number of rotatable bonds is 3. The van der Waals surface area contributed by atoms with Crippen molar-refractivity contribution in [2.45, 2.75) is 72.1 Å². The lowest BCUT2D eigenvalue weighted by atomic mass is 10.0. The highest BCUT2D eigenvalue weighted by molar-refractivity contribution is 5.92. The Kier molecular flexibility index (Phi) is 4.61. The number of aliphatic hydroxyl groups excluding tert-OH is 1. The molecule has 0 heterocycles. The molecule has 0 unspecified atom stereocenters. The molecule has 0 aliphatic heterocycles. The summed E-state index contributed by atoms with van der Waals surface area (Å²) < 4.78 is 10.7. The molecule has 2 N–H and O–H groups in total. The molecular weight excluding hydrogens is 286 g/mol. The lowest BCUT2D eigenvalue weighted by Crippen LogP contribution is -2.51. The van der Waals surface area contributed by atoms with Gasteiger partial charge < -0.3 is 19.9 Å². The Hall–Kier alpha value is -1.30. The van der Waals surface area contributed by atoms with Crippen molar-refractivity contribution < 1.29 is 24.2 Å². The molecule has 0 saturated heterocycles. The summed E-state index contributed by atoms with van der Waals surface area (Å²) in [4.78, 5) is 24.7. The summed E-state index contributed by atoms with van der Waals surface area (Å²) in [6, 6.07) is 0. The molecule has 2 atom stereocenters. The van der Waals surface area contributed by atoms with Gasteiger partial charge in [0.1, 0.15) is 11.2 Å². The van der Waals surface area contributed by atoms with Gasteiger partial charge in [0, 0.05) is 17.9 Å². The first-order valence-corrected chi connectivity index (χ1v) is 7.53. The van der Waals surface area contributed by atoms with Crippen molar-refractivity contribution in [1.29, 1.82) is 0 Å². The molecule has 1 aliphatic carbocycles. The van der Waals surface area contributed by atoms with E-state index in [2.05, 4.69) is 5.32 Å². The first kappa shape index (κ1) is 18.7. The highest BCUT2D eigenvalue weighted by atomic mass is 16.6. The van der Waals surface area contributed by atoms with Crippen LogP contribution in [0.15, 0.2) is 0 Å². The van der Waals surface area contributed by atoms with Crippen molar-refractivity contribution >= 4 is 12.1 Å². The Morgan fingerprint density at radius 2 is 1.50 bits per heavy atom.